The van der Waals surface area contributed by atoms with E-state index in [2.05, 4.69) is 4.98 Å². The van der Waals surface area contributed by atoms with E-state index in [4.69, 9.17) is 5.26 Å². The van der Waals surface area contributed by atoms with Crippen molar-refractivity contribution in [2.75, 3.05) is 0 Å². The summed E-state index contributed by atoms with van der Waals surface area (Å²) in [6, 6.07) is 7.40. The number of aromatic nitrogens is 1. The summed E-state index contributed by atoms with van der Waals surface area (Å²) in [4.78, 5) is 14.2. The molecule has 0 aliphatic heterocycles. The van der Waals surface area contributed by atoms with Gasteiger partial charge in [-0.2, -0.15) is 5.26 Å². The maximum absolute atomic E-state index is 11.4. The van der Waals surface area contributed by atoms with Crippen LogP contribution in [0.1, 0.15) is 16.7 Å². The summed E-state index contributed by atoms with van der Waals surface area (Å²) in [5.74, 6) is 0. The van der Waals surface area contributed by atoms with Gasteiger partial charge in [-0.3, -0.25) is 4.79 Å². The normalized spacial score (nSPS) is 10.2. The molecule has 1 heterocycles. The van der Waals surface area contributed by atoms with Gasteiger partial charge in [0.1, 0.15) is 11.6 Å². The lowest BCUT2D eigenvalue weighted by molar-refractivity contribution is 1.24. The molecule has 74 valence electrons. The Labute approximate surface area is 87.0 Å². The summed E-state index contributed by atoms with van der Waals surface area (Å²) < 4.78 is 0. The lowest BCUT2D eigenvalue weighted by Gasteiger charge is -2.05. The van der Waals surface area contributed by atoms with Crippen molar-refractivity contribution in [3.63, 3.8) is 0 Å². The van der Waals surface area contributed by atoms with Gasteiger partial charge in [0.25, 0.3) is 5.56 Å². The van der Waals surface area contributed by atoms with Gasteiger partial charge < -0.3 is 4.98 Å². The number of nitrogens with one attached hydrogen (secondary N) is 1. The number of fused-ring (bicyclic) bond motifs is 1. The van der Waals surface area contributed by atoms with Crippen LogP contribution in [0.3, 0.4) is 0 Å². The maximum Gasteiger partial charge on any atom is 0.266 e. The van der Waals surface area contributed by atoms with Gasteiger partial charge in [-0.05, 0) is 36.4 Å². The van der Waals surface area contributed by atoms with Crippen LogP contribution in [-0.2, 0) is 0 Å². The van der Waals surface area contributed by atoms with Gasteiger partial charge in [0.15, 0.2) is 0 Å². The van der Waals surface area contributed by atoms with E-state index in [9.17, 15) is 4.79 Å². The van der Waals surface area contributed by atoms with Gasteiger partial charge in [0.2, 0.25) is 0 Å². The molecule has 0 radical (unpaired) electrons. The second-order valence-corrected chi connectivity index (χ2v) is 3.60. The number of aromatic amines is 1. The largest absolute Gasteiger partial charge is 0.321 e. The summed E-state index contributed by atoms with van der Waals surface area (Å²) in [6.45, 7) is 3.95. The average Bonchev–Trinajstić information content (AvgIpc) is 2.24. The molecule has 1 aromatic heterocycles. The number of H-pyrrole nitrogens is 1. The fourth-order valence-electron chi connectivity index (χ4n) is 1.61. The molecule has 0 saturated carbocycles. The van der Waals surface area contributed by atoms with Gasteiger partial charge in [-0.15, -0.1) is 0 Å². The van der Waals surface area contributed by atoms with Crippen molar-refractivity contribution < 1.29 is 0 Å². The van der Waals surface area contributed by atoms with Crippen LogP contribution in [-0.4, -0.2) is 4.98 Å². The first-order valence-electron chi connectivity index (χ1n) is 4.67. The number of hydrogen-bond donors (Lipinski definition) is 1. The van der Waals surface area contributed by atoms with Crippen molar-refractivity contribution in [3.05, 3.63) is 45.2 Å². The SMILES string of the molecule is Cc1ccc2cc(C#N)c(=O)[nH]c2c1C. The highest BCUT2D eigenvalue weighted by atomic mass is 16.1. The fourth-order valence-corrected chi connectivity index (χ4v) is 1.61. The molecule has 0 atom stereocenters. The third kappa shape index (κ3) is 1.40. The average molecular weight is 198 g/mol. The number of aryl methyl sites for hydroxylation is 2. The molecule has 0 aliphatic carbocycles. The number of nitriles is 1. The first kappa shape index (κ1) is 9.47. The molecule has 0 saturated heterocycles. The number of benzene rings is 1. The molecular formula is C12H10N2O. The Morgan fingerprint density at radius 1 is 1.33 bits per heavy atom. The zero-order chi connectivity index (χ0) is 11.0. The molecule has 0 fully saturated rings. The Morgan fingerprint density at radius 2 is 2.07 bits per heavy atom. The Balaban J connectivity index is 2.95. The molecule has 0 bridgehead atoms. The van der Waals surface area contributed by atoms with E-state index in [1.165, 1.54) is 0 Å². The zero-order valence-electron chi connectivity index (χ0n) is 8.59. The van der Waals surface area contributed by atoms with Crippen molar-refractivity contribution in [1.29, 1.82) is 5.26 Å². The van der Waals surface area contributed by atoms with Crippen LogP contribution in [0.15, 0.2) is 23.0 Å². The van der Waals surface area contributed by atoms with Crippen LogP contribution in [0.2, 0.25) is 0 Å². The smallest absolute Gasteiger partial charge is 0.266 e. The quantitative estimate of drug-likeness (QED) is 0.704. The minimum Gasteiger partial charge on any atom is -0.321 e. The molecule has 0 aliphatic rings. The van der Waals surface area contributed by atoms with Crippen LogP contribution in [0, 0.1) is 25.2 Å². The van der Waals surface area contributed by atoms with E-state index in [1.54, 1.807) is 6.07 Å². The third-order valence-corrected chi connectivity index (χ3v) is 2.67. The Morgan fingerprint density at radius 3 is 2.73 bits per heavy atom. The van der Waals surface area contributed by atoms with Gasteiger partial charge in [-0.25, -0.2) is 0 Å². The van der Waals surface area contributed by atoms with Crippen LogP contribution in [0.5, 0.6) is 0 Å². The van der Waals surface area contributed by atoms with Crippen molar-refractivity contribution in [2.24, 2.45) is 0 Å². The van der Waals surface area contributed by atoms with Crippen molar-refractivity contribution >= 4 is 10.9 Å². The number of pyridine rings is 1. The maximum atomic E-state index is 11.4. The van der Waals surface area contributed by atoms with E-state index in [1.807, 2.05) is 32.0 Å². The number of nitrogens with zero attached hydrogens (tertiary/aromatic N) is 1. The molecule has 0 spiro atoms. The first-order chi connectivity index (χ1) is 7.13. The summed E-state index contributed by atoms with van der Waals surface area (Å²) >= 11 is 0. The van der Waals surface area contributed by atoms with Gasteiger partial charge >= 0.3 is 0 Å². The van der Waals surface area contributed by atoms with Crippen LogP contribution >= 0.6 is 0 Å². The summed E-state index contributed by atoms with van der Waals surface area (Å²) in [5, 5.41) is 9.63. The van der Waals surface area contributed by atoms with Crippen molar-refractivity contribution in [2.45, 2.75) is 13.8 Å². The standard InChI is InChI=1S/C12H10N2O/c1-7-3-4-9-5-10(6-13)12(15)14-11(9)8(7)2/h3-5H,1-2H3,(H,14,15). The van der Waals surface area contributed by atoms with Gasteiger partial charge in [-0.1, -0.05) is 12.1 Å². The first-order valence-corrected chi connectivity index (χ1v) is 4.67. The van der Waals surface area contributed by atoms with E-state index in [-0.39, 0.29) is 11.1 Å². The molecule has 1 N–H and O–H groups in total. The fraction of sp³-hybridized carbons (Fsp3) is 0.167. The molecule has 1 aromatic carbocycles. The van der Waals surface area contributed by atoms with E-state index in [0.717, 1.165) is 22.0 Å². The highest BCUT2D eigenvalue weighted by Gasteiger charge is 2.04. The van der Waals surface area contributed by atoms with Gasteiger partial charge in [0, 0.05) is 0 Å². The topological polar surface area (TPSA) is 56.6 Å². The minimum absolute atomic E-state index is 0.158. The Bertz CT molecular complexity index is 632. The second-order valence-electron chi connectivity index (χ2n) is 3.60. The molecule has 15 heavy (non-hydrogen) atoms. The Hall–Kier alpha value is -2.08. The van der Waals surface area contributed by atoms with Crippen LogP contribution in [0.25, 0.3) is 10.9 Å². The minimum atomic E-state index is -0.321. The van der Waals surface area contributed by atoms with E-state index >= 15 is 0 Å². The van der Waals surface area contributed by atoms with Crippen LogP contribution < -0.4 is 5.56 Å². The zero-order valence-corrected chi connectivity index (χ0v) is 8.59. The summed E-state index contributed by atoms with van der Waals surface area (Å²) in [5.41, 5.74) is 2.83. The molecule has 2 rings (SSSR count). The van der Waals surface area contributed by atoms with Crippen LogP contribution in [0.4, 0.5) is 0 Å². The third-order valence-electron chi connectivity index (χ3n) is 2.67. The predicted octanol–water partition coefficient (Wildman–Crippen LogP) is 2.02. The van der Waals surface area contributed by atoms with E-state index < -0.39 is 0 Å². The summed E-state index contributed by atoms with van der Waals surface area (Å²) in [6.07, 6.45) is 0. The lowest BCUT2D eigenvalue weighted by atomic mass is 10.0. The van der Waals surface area contributed by atoms with E-state index in [0.29, 0.717) is 0 Å². The predicted molar refractivity (Wildman–Crippen MR) is 58.8 cm³/mol. The number of rotatable bonds is 0. The molecule has 3 heteroatoms. The monoisotopic (exact) mass is 198 g/mol. The van der Waals surface area contributed by atoms with Crippen molar-refractivity contribution in [1.82, 2.24) is 4.98 Å². The second kappa shape index (κ2) is 3.25. The molecule has 0 unspecified atom stereocenters. The highest BCUT2D eigenvalue weighted by molar-refractivity contribution is 5.83. The molecular weight excluding hydrogens is 188 g/mol. The lowest BCUT2D eigenvalue weighted by Crippen LogP contribution is -2.10. The van der Waals surface area contributed by atoms with Gasteiger partial charge in [0.05, 0.1) is 5.52 Å². The Kier molecular flexibility index (Phi) is 2.05. The number of hydrogen-bond acceptors (Lipinski definition) is 2. The molecule has 3 nitrogen and oxygen atoms in total. The molecule has 0 amide bonds. The highest BCUT2D eigenvalue weighted by Crippen LogP contribution is 2.18. The molecule has 2 aromatic rings. The van der Waals surface area contributed by atoms with Crippen molar-refractivity contribution in [3.8, 4) is 6.07 Å². The summed E-state index contributed by atoms with van der Waals surface area (Å²) in [7, 11) is 0.